The second kappa shape index (κ2) is 6.46. The van der Waals surface area contributed by atoms with Gasteiger partial charge in [0.1, 0.15) is 0 Å². The summed E-state index contributed by atoms with van der Waals surface area (Å²) in [7, 11) is 1.71. The Bertz CT molecular complexity index is 823. The zero-order valence-corrected chi connectivity index (χ0v) is 15.3. The molecular formula is C21H26O3. The molecule has 1 aliphatic carbocycles. The van der Waals surface area contributed by atoms with E-state index in [4.69, 9.17) is 9.15 Å². The Labute approximate surface area is 143 Å². The van der Waals surface area contributed by atoms with Crippen molar-refractivity contribution in [3.63, 3.8) is 0 Å². The lowest BCUT2D eigenvalue weighted by atomic mass is 9.77. The summed E-state index contributed by atoms with van der Waals surface area (Å²) in [5.41, 5.74) is 6.38. The molecule has 1 aliphatic rings. The van der Waals surface area contributed by atoms with Crippen molar-refractivity contribution >= 4 is 16.8 Å². The number of carbonyl (C=O) groups is 1. The topological polar surface area (TPSA) is 39.4 Å². The highest BCUT2D eigenvalue weighted by Gasteiger charge is 2.29. The second-order valence-corrected chi connectivity index (χ2v) is 6.89. The minimum Gasteiger partial charge on any atom is -0.493 e. The van der Waals surface area contributed by atoms with Crippen LogP contribution in [0.1, 0.15) is 61.8 Å². The van der Waals surface area contributed by atoms with E-state index in [1.807, 2.05) is 26.8 Å². The highest BCUT2D eigenvalue weighted by atomic mass is 16.5. The van der Waals surface area contributed by atoms with Gasteiger partial charge in [0, 0.05) is 17.4 Å². The van der Waals surface area contributed by atoms with Crippen LogP contribution in [0.25, 0.3) is 11.0 Å². The van der Waals surface area contributed by atoms with Gasteiger partial charge in [-0.05, 0) is 68.2 Å². The van der Waals surface area contributed by atoms with Crippen molar-refractivity contribution in [3.8, 4) is 5.75 Å². The lowest BCUT2D eigenvalue weighted by Crippen LogP contribution is -2.15. The van der Waals surface area contributed by atoms with Crippen LogP contribution in [0.15, 0.2) is 22.3 Å². The smallest absolute Gasteiger partial charge is 0.176 e. The molecule has 1 heterocycles. The van der Waals surface area contributed by atoms with E-state index in [0.717, 1.165) is 52.7 Å². The first-order valence-corrected chi connectivity index (χ1v) is 8.75. The second-order valence-electron chi connectivity index (χ2n) is 6.89. The van der Waals surface area contributed by atoms with E-state index < -0.39 is 0 Å². The fourth-order valence-electron chi connectivity index (χ4n) is 4.00. The Hall–Kier alpha value is -2.03. The molecule has 0 amide bonds. The molecular weight excluding hydrogens is 300 g/mol. The summed E-state index contributed by atoms with van der Waals surface area (Å²) in [6.07, 6.45) is 7.40. The maximum atomic E-state index is 12.6. The van der Waals surface area contributed by atoms with Crippen molar-refractivity contribution in [2.75, 3.05) is 7.11 Å². The van der Waals surface area contributed by atoms with Gasteiger partial charge in [0.25, 0.3) is 0 Å². The number of aryl methyl sites for hydroxylation is 1. The standard InChI is InChI=1S/C21H26O3/c1-6-12(2)17(22)10-16-18-13(3)8-7-9-15(18)20(23-5)21-19(16)14(4)11-24-21/h6,11,13H,7-10H2,1-5H3. The summed E-state index contributed by atoms with van der Waals surface area (Å²) in [6.45, 7) is 8.11. The van der Waals surface area contributed by atoms with Crippen LogP contribution in [0, 0.1) is 6.92 Å². The van der Waals surface area contributed by atoms with E-state index in [1.165, 1.54) is 11.1 Å². The number of hydrogen-bond donors (Lipinski definition) is 0. The van der Waals surface area contributed by atoms with Crippen LogP contribution in [0.3, 0.4) is 0 Å². The zero-order valence-electron chi connectivity index (χ0n) is 15.3. The largest absolute Gasteiger partial charge is 0.493 e. The molecule has 0 radical (unpaired) electrons. The molecule has 0 fully saturated rings. The van der Waals surface area contributed by atoms with E-state index in [9.17, 15) is 4.79 Å². The number of rotatable bonds is 4. The van der Waals surface area contributed by atoms with E-state index in [1.54, 1.807) is 13.4 Å². The zero-order chi connectivity index (χ0) is 17.4. The first-order valence-electron chi connectivity index (χ1n) is 8.75. The van der Waals surface area contributed by atoms with Crippen molar-refractivity contribution < 1.29 is 13.9 Å². The van der Waals surface area contributed by atoms with Crippen LogP contribution in [0.5, 0.6) is 5.75 Å². The maximum absolute atomic E-state index is 12.6. The number of allylic oxidation sites excluding steroid dienone is 2. The number of ether oxygens (including phenoxy) is 1. The molecule has 0 saturated carbocycles. The third-order valence-corrected chi connectivity index (χ3v) is 5.38. The average Bonchev–Trinajstić information content (AvgIpc) is 2.95. The SMILES string of the molecule is CC=C(C)C(=O)Cc1c2c(c(OC)c3occ(C)c13)CCCC2C. The number of furan rings is 1. The van der Waals surface area contributed by atoms with Crippen LogP contribution in [0.4, 0.5) is 0 Å². The molecule has 3 nitrogen and oxygen atoms in total. The van der Waals surface area contributed by atoms with Crippen molar-refractivity contribution in [3.05, 3.63) is 40.2 Å². The van der Waals surface area contributed by atoms with Gasteiger partial charge in [-0.2, -0.15) is 0 Å². The molecule has 3 heteroatoms. The third-order valence-electron chi connectivity index (χ3n) is 5.38. The van der Waals surface area contributed by atoms with Gasteiger partial charge in [-0.15, -0.1) is 0 Å². The van der Waals surface area contributed by atoms with Crippen LogP contribution in [-0.4, -0.2) is 12.9 Å². The summed E-state index contributed by atoms with van der Waals surface area (Å²) in [5.74, 6) is 1.48. The fraction of sp³-hybridized carbons (Fsp3) is 0.476. The van der Waals surface area contributed by atoms with Crippen LogP contribution >= 0.6 is 0 Å². The molecule has 128 valence electrons. The maximum Gasteiger partial charge on any atom is 0.176 e. The summed E-state index contributed by atoms with van der Waals surface area (Å²) < 4.78 is 11.6. The van der Waals surface area contributed by atoms with Gasteiger partial charge < -0.3 is 9.15 Å². The van der Waals surface area contributed by atoms with Crippen LogP contribution < -0.4 is 4.74 Å². The molecule has 0 saturated heterocycles. The fourth-order valence-corrected chi connectivity index (χ4v) is 4.00. The first kappa shape index (κ1) is 16.8. The molecule has 1 unspecified atom stereocenters. The molecule has 2 aromatic rings. The Kier molecular flexibility index (Phi) is 4.53. The lowest BCUT2D eigenvalue weighted by molar-refractivity contribution is -0.114. The highest BCUT2D eigenvalue weighted by molar-refractivity contribution is 6.01. The summed E-state index contributed by atoms with van der Waals surface area (Å²) in [4.78, 5) is 12.6. The molecule has 0 aliphatic heterocycles. The minimum atomic E-state index is 0.185. The summed E-state index contributed by atoms with van der Waals surface area (Å²) in [5, 5.41) is 1.07. The number of Topliss-reactive ketones (excluding diaryl/α,β-unsaturated/α-hetero) is 1. The van der Waals surface area contributed by atoms with Crippen molar-refractivity contribution in [2.24, 2.45) is 0 Å². The monoisotopic (exact) mass is 326 g/mol. The normalized spacial score (nSPS) is 17.9. The van der Waals surface area contributed by atoms with Gasteiger partial charge in [-0.1, -0.05) is 13.0 Å². The average molecular weight is 326 g/mol. The van der Waals surface area contributed by atoms with Gasteiger partial charge in [-0.3, -0.25) is 4.79 Å². The molecule has 24 heavy (non-hydrogen) atoms. The van der Waals surface area contributed by atoms with Crippen LogP contribution in [0.2, 0.25) is 0 Å². The van der Waals surface area contributed by atoms with Gasteiger partial charge in [0.05, 0.1) is 13.4 Å². The number of ketones is 1. The van der Waals surface area contributed by atoms with Crippen molar-refractivity contribution in [1.82, 2.24) is 0 Å². The molecule has 0 bridgehead atoms. The van der Waals surface area contributed by atoms with Crippen LogP contribution in [-0.2, 0) is 17.6 Å². The number of carbonyl (C=O) groups excluding carboxylic acids is 1. The molecule has 3 rings (SSSR count). The van der Waals surface area contributed by atoms with E-state index in [-0.39, 0.29) is 5.78 Å². The summed E-state index contributed by atoms with van der Waals surface area (Å²) in [6, 6.07) is 0. The lowest BCUT2D eigenvalue weighted by Gasteiger charge is -2.28. The highest BCUT2D eigenvalue weighted by Crippen LogP contribution is 2.46. The Morgan fingerprint density at radius 3 is 2.88 bits per heavy atom. The van der Waals surface area contributed by atoms with Gasteiger partial charge >= 0.3 is 0 Å². The van der Waals surface area contributed by atoms with Crippen molar-refractivity contribution in [1.29, 1.82) is 0 Å². The number of hydrogen-bond acceptors (Lipinski definition) is 3. The van der Waals surface area contributed by atoms with Gasteiger partial charge in [-0.25, -0.2) is 0 Å². The van der Waals surface area contributed by atoms with E-state index in [0.29, 0.717) is 12.3 Å². The number of fused-ring (bicyclic) bond motifs is 2. The van der Waals surface area contributed by atoms with E-state index in [2.05, 4.69) is 6.92 Å². The van der Waals surface area contributed by atoms with Gasteiger partial charge in [0.15, 0.2) is 17.1 Å². The Balaban J connectivity index is 2.31. The minimum absolute atomic E-state index is 0.185. The van der Waals surface area contributed by atoms with Crippen molar-refractivity contribution in [2.45, 2.75) is 59.3 Å². The Morgan fingerprint density at radius 2 is 2.21 bits per heavy atom. The molecule has 0 N–H and O–H groups in total. The molecule has 1 aromatic carbocycles. The number of benzene rings is 1. The predicted molar refractivity (Wildman–Crippen MR) is 97.0 cm³/mol. The quantitative estimate of drug-likeness (QED) is 0.719. The third kappa shape index (κ3) is 2.56. The number of methoxy groups -OCH3 is 1. The molecule has 1 aromatic heterocycles. The Morgan fingerprint density at radius 1 is 1.46 bits per heavy atom. The predicted octanol–water partition coefficient (Wildman–Crippen LogP) is 5.27. The van der Waals surface area contributed by atoms with E-state index >= 15 is 0 Å². The molecule has 0 spiro atoms. The van der Waals surface area contributed by atoms with Gasteiger partial charge in [0.2, 0.25) is 0 Å². The first-order chi connectivity index (χ1) is 11.5. The summed E-state index contributed by atoms with van der Waals surface area (Å²) >= 11 is 0. The molecule has 1 atom stereocenters.